The third-order valence-electron chi connectivity index (χ3n) is 13.2. The van der Waals surface area contributed by atoms with Gasteiger partial charge in [0, 0.05) is 41.7 Å². The number of allylic oxidation sites excluding steroid dienone is 4. The van der Waals surface area contributed by atoms with Crippen LogP contribution in [0.15, 0.2) is 54.1 Å². The number of ketones is 2. The molecule has 9 heteroatoms. The van der Waals surface area contributed by atoms with Crippen molar-refractivity contribution in [3.8, 4) is 0 Å². The standard InChI is InChI=1S/C40H53NO8/c1-36(2)25-39(19-21-49-36,26-8-6-5-7-9-26)18-20-41-33(45)12-13-34(46)48-24-32(44)40(47)17-15-30-29-11-10-27-22-28(42)14-16-37(27,3)35(29)31(43)23-38(30,40)4/h5-9,14,16,22,29-31,35,43,47H,10-13,15,17-21,23-25H2,1-4H3,(H,41,45)/t29-,30+,31+,35-,37-,38-,39-,40-/m1/s1. The molecule has 8 atom stereocenters. The fourth-order valence-corrected chi connectivity index (χ4v) is 10.7. The van der Waals surface area contributed by atoms with Crippen LogP contribution < -0.4 is 5.32 Å². The molecule has 49 heavy (non-hydrogen) atoms. The maximum Gasteiger partial charge on any atom is 0.306 e. The number of rotatable bonds is 10. The molecular formula is C40H53NO8. The zero-order valence-electron chi connectivity index (χ0n) is 29.5. The second-order valence-corrected chi connectivity index (χ2v) is 16.5. The van der Waals surface area contributed by atoms with Gasteiger partial charge in [0.2, 0.25) is 11.7 Å². The molecule has 1 aromatic rings. The van der Waals surface area contributed by atoms with Crippen molar-refractivity contribution in [3.05, 3.63) is 59.7 Å². The number of fused-ring (bicyclic) bond motifs is 5. The molecule has 6 rings (SSSR count). The molecule has 0 spiro atoms. The molecular weight excluding hydrogens is 622 g/mol. The van der Waals surface area contributed by atoms with Gasteiger partial charge in [-0.2, -0.15) is 0 Å². The number of hydrogen-bond donors (Lipinski definition) is 3. The molecule has 1 amide bonds. The van der Waals surface area contributed by atoms with E-state index in [-0.39, 0.29) is 66.1 Å². The Morgan fingerprint density at radius 1 is 1.04 bits per heavy atom. The van der Waals surface area contributed by atoms with Gasteiger partial charge < -0.3 is 25.0 Å². The predicted molar refractivity (Wildman–Crippen MR) is 183 cm³/mol. The van der Waals surface area contributed by atoms with E-state index in [1.54, 1.807) is 12.2 Å². The number of carbonyl (C=O) groups is 4. The van der Waals surface area contributed by atoms with E-state index in [2.05, 4.69) is 38.2 Å². The molecule has 4 fully saturated rings. The van der Waals surface area contributed by atoms with Gasteiger partial charge in [-0.1, -0.05) is 55.8 Å². The van der Waals surface area contributed by atoms with Crippen LogP contribution in [-0.4, -0.2) is 70.7 Å². The van der Waals surface area contributed by atoms with Crippen LogP contribution in [0.2, 0.25) is 0 Å². The summed E-state index contributed by atoms with van der Waals surface area (Å²) in [4.78, 5) is 51.1. The van der Waals surface area contributed by atoms with E-state index in [0.29, 0.717) is 19.6 Å². The fraction of sp³-hybridized carbons (Fsp3) is 0.650. The zero-order valence-corrected chi connectivity index (χ0v) is 29.5. The van der Waals surface area contributed by atoms with Crippen molar-refractivity contribution in [2.75, 3.05) is 19.8 Å². The first-order chi connectivity index (χ1) is 23.1. The Morgan fingerprint density at radius 3 is 2.53 bits per heavy atom. The number of carbonyl (C=O) groups excluding carboxylic acids is 4. The first-order valence-electron chi connectivity index (χ1n) is 18.1. The first kappa shape index (κ1) is 35.7. The summed E-state index contributed by atoms with van der Waals surface area (Å²) in [6, 6.07) is 10.3. The highest BCUT2D eigenvalue weighted by molar-refractivity contribution is 6.01. The van der Waals surface area contributed by atoms with Gasteiger partial charge in [-0.05, 0) is 94.8 Å². The Bertz CT molecular complexity index is 1530. The number of aliphatic hydroxyl groups excluding tert-OH is 1. The number of ether oxygens (including phenoxy) is 2. The molecule has 1 aromatic carbocycles. The minimum Gasteiger partial charge on any atom is -0.458 e. The Morgan fingerprint density at radius 2 is 1.80 bits per heavy atom. The van der Waals surface area contributed by atoms with Crippen LogP contribution in [0.3, 0.4) is 0 Å². The Balaban J connectivity index is 1.00. The highest BCUT2D eigenvalue weighted by Gasteiger charge is 2.68. The smallest absolute Gasteiger partial charge is 0.306 e. The largest absolute Gasteiger partial charge is 0.458 e. The van der Waals surface area contributed by atoms with Crippen LogP contribution in [0.4, 0.5) is 0 Å². The lowest BCUT2D eigenvalue weighted by Gasteiger charge is -2.59. The Kier molecular flexibility index (Phi) is 9.61. The molecule has 3 saturated carbocycles. The number of aliphatic hydroxyl groups is 2. The average Bonchev–Trinajstić information content (AvgIpc) is 3.33. The summed E-state index contributed by atoms with van der Waals surface area (Å²) in [5.74, 6) is -1.53. The summed E-state index contributed by atoms with van der Waals surface area (Å²) in [5.41, 5.74) is -1.15. The maximum atomic E-state index is 13.6. The third kappa shape index (κ3) is 6.47. The van der Waals surface area contributed by atoms with Crippen molar-refractivity contribution in [1.29, 1.82) is 0 Å². The quantitative estimate of drug-likeness (QED) is 0.297. The molecule has 9 nitrogen and oxygen atoms in total. The van der Waals surface area contributed by atoms with Crippen molar-refractivity contribution in [1.82, 2.24) is 5.32 Å². The average molecular weight is 676 g/mol. The summed E-state index contributed by atoms with van der Waals surface area (Å²) < 4.78 is 11.3. The number of benzene rings is 1. The van der Waals surface area contributed by atoms with Gasteiger partial charge in [-0.15, -0.1) is 0 Å². The molecule has 1 saturated heterocycles. The SMILES string of the molecule is CC1(C)C[C@](CCNC(=O)CCC(=O)OCC(=O)[C@]2(O)CC[C@H]3[C@H]4CCC5=CC(=O)C=C[C@@]5(C)[C@H]4[C@@H](O)C[C@]32C)(c2ccccc2)CCO1. The third-order valence-corrected chi connectivity index (χ3v) is 13.2. The van der Waals surface area contributed by atoms with Crippen LogP contribution in [0.25, 0.3) is 0 Å². The maximum absolute atomic E-state index is 13.6. The van der Waals surface area contributed by atoms with Crippen LogP contribution in [-0.2, 0) is 34.1 Å². The van der Waals surface area contributed by atoms with Crippen LogP contribution in [0.5, 0.6) is 0 Å². The van der Waals surface area contributed by atoms with Crippen molar-refractivity contribution in [3.63, 3.8) is 0 Å². The van der Waals surface area contributed by atoms with Crippen LogP contribution >= 0.6 is 0 Å². The van der Waals surface area contributed by atoms with Gasteiger partial charge in [0.05, 0.1) is 18.1 Å². The minimum absolute atomic E-state index is 0.00638. The topological polar surface area (TPSA) is 139 Å². The number of Topliss-reactive ketones (excluding diaryl/α,β-unsaturated/α-hetero) is 1. The second-order valence-electron chi connectivity index (χ2n) is 16.5. The van der Waals surface area contributed by atoms with Gasteiger partial charge in [-0.3, -0.25) is 19.2 Å². The lowest BCUT2D eigenvalue weighted by Crippen LogP contribution is -2.61. The Hall–Kier alpha value is -3.14. The van der Waals surface area contributed by atoms with Crippen molar-refractivity contribution in [2.45, 2.75) is 115 Å². The zero-order chi connectivity index (χ0) is 35.2. The Labute approximate surface area is 289 Å². The highest BCUT2D eigenvalue weighted by atomic mass is 16.5. The first-order valence-corrected chi connectivity index (χ1v) is 18.1. The summed E-state index contributed by atoms with van der Waals surface area (Å²) >= 11 is 0. The molecule has 0 bridgehead atoms. The summed E-state index contributed by atoms with van der Waals surface area (Å²) in [6.45, 7) is 8.71. The summed E-state index contributed by atoms with van der Waals surface area (Å²) in [7, 11) is 0. The van der Waals surface area contributed by atoms with E-state index >= 15 is 0 Å². The van der Waals surface area contributed by atoms with Gasteiger partial charge in [0.1, 0.15) is 5.60 Å². The van der Waals surface area contributed by atoms with E-state index in [4.69, 9.17) is 9.47 Å². The van der Waals surface area contributed by atoms with E-state index in [9.17, 15) is 29.4 Å². The highest BCUT2D eigenvalue weighted by Crippen LogP contribution is 2.67. The lowest BCUT2D eigenvalue weighted by atomic mass is 9.46. The van der Waals surface area contributed by atoms with E-state index in [0.717, 1.165) is 37.7 Å². The van der Waals surface area contributed by atoms with Crippen molar-refractivity contribution in [2.24, 2.45) is 28.6 Å². The second kappa shape index (κ2) is 13.2. The van der Waals surface area contributed by atoms with E-state index in [1.165, 1.54) is 5.56 Å². The van der Waals surface area contributed by atoms with Gasteiger partial charge in [0.15, 0.2) is 12.4 Å². The fourth-order valence-electron chi connectivity index (χ4n) is 10.7. The number of nitrogens with one attached hydrogen (secondary N) is 1. The molecule has 1 aliphatic heterocycles. The minimum atomic E-state index is -1.73. The van der Waals surface area contributed by atoms with Crippen molar-refractivity contribution < 1.29 is 38.9 Å². The van der Waals surface area contributed by atoms with Gasteiger partial charge in [0.25, 0.3) is 0 Å². The molecule has 1 heterocycles. The molecule has 266 valence electrons. The van der Waals surface area contributed by atoms with Crippen LogP contribution in [0.1, 0.15) is 97.5 Å². The monoisotopic (exact) mass is 675 g/mol. The summed E-state index contributed by atoms with van der Waals surface area (Å²) in [5, 5.41) is 26.5. The van der Waals surface area contributed by atoms with Gasteiger partial charge >= 0.3 is 5.97 Å². The molecule has 3 N–H and O–H groups in total. The predicted octanol–water partition coefficient (Wildman–Crippen LogP) is 4.92. The molecule has 0 unspecified atom stereocenters. The van der Waals surface area contributed by atoms with Crippen LogP contribution in [0, 0.1) is 28.6 Å². The number of esters is 1. The molecule has 5 aliphatic rings. The number of hydrogen-bond acceptors (Lipinski definition) is 8. The van der Waals surface area contributed by atoms with E-state index in [1.807, 2.05) is 31.2 Å². The normalized spacial score (nSPS) is 37.7. The molecule has 4 aliphatic carbocycles. The van der Waals surface area contributed by atoms with Crippen molar-refractivity contribution >= 4 is 23.4 Å². The van der Waals surface area contributed by atoms with Gasteiger partial charge in [-0.25, -0.2) is 0 Å². The van der Waals surface area contributed by atoms with E-state index < -0.39 is 40.9 Å². The molecule has 0 aromatic heterocycles. The number of amides is 1. The lowest BCUT2D eigenvalue weighted by molar-refractivity contribution is -0.181. The molecule has 0 radical (unpaired) electrons. The summed E-state index contributed by atoms with van der Waals surface area (Å²) in [6.07, 6.45) is 9.33.